The first-order chi connectivity index (χ1) is 33.0. The van der Waals surface area contributed by atoms with Crippen LogP contribution in [0.25, 0.3) is 16.5 Å². The molecule has 6 aliphatic rings. The van der Waals surface area contributed by atoms with Gasteiger partial charge < -0.3 is 51.4 Å². The Hall–Kier alpha value is -6.23. The van der Waals surface area contributed by atoms with Crippen LogP contribution in [0.1, 0.15) is 100 Å². The minimum atomic E-state index is -1.41. The van der Waals surface area contributed by atoms with Gasteiger partial charge in [-0.3, -0.25) is 28.8 Å². The summed E-state index contributed by atoms with van der Waals surface area (Å²) in [5, 5.41) is 18.6. The van der Waals surface area contributed by atoms with Crippen LogP contribution in [0.3, 0.4) is 0 Å². The summed E-state index contributed by atoms with van der Waals surface area (Å²) in [5.74, 6) is -2.83. The Labute approximate surface area is 396 Å². The normalized spacial score (nSPS) is 27.5. The molecular weight excluding hydrogens is 867 g/mol. The number of aromatic nitrogens is 1. The van der Waals surface area contributed by atoms with Gasteiger partial charge in [-0.15, -0.1) is 0 Å². The van der Waals surface area contributed by atoms with Crippen LogP contribution < -0.4 is 31.9 Å². The highest BCUT2D eigenvalue weighted by atomic mass is 16.5. The largest absolute Gasteiger partial charge is 0.383 e. The lowest BCUT2D eigenvalue weighted by atomic mass is 9.84. The quantitative estimate of drug-likeness (QED) is 0.149. The third kappa shape index (κ3) is 9.72. The van der Waals surface area contributed by atoms with Crippen LogP contribution in [0.2, 0.25) is 0 Å². The van der Waals surface area contributed by atoms with E-state index in [-0.39, 0.29) is 56.8 Å². The molecule has 68 heavy (non-hydrogen) atoms. The smallest absolute Gasteiger partial charge is 0.314 e. The number of allylic oxidation sites excluding steroid dienone is 1. The van der Waals surface area contributed by atoms with Gasteiger partial charge >= 0.3 is 6.03 Å². The van der Waals surface area contributed by atoms with E-state index >= 15 is 9.59 Å². The average molecular weight is 932 g/mol. The molecule has 17 nitrogen and oxygen atoms in total. The number of benzene rings is 2. The number of methoxy groups -OCH3 is 1. The summed E-state index contributed by atoms with van der Waals surface area (Å²) in [6.07, 6.45) is 11.4. The number of hydrogen-bond donors (Lipinski definition) is 7. The maximum Gasteiger partial charge on any atom is 0.314 e. The Bertz CT molecular complexity index is 2450. The molecule has 362 valence electrons. The van der Waals surface area contributed by atoms with E-state index < -0.39 is 71.3 Å². The number of amides is 8. The fraction of sp³-hybridized carbons (Fsp3) is 0.549. The van der Waals surface area contributed by atoms with Crippen LogP contribution >= 0.6 is 0 Å². The van der Waals surface area contributed by atoms with E-state index in [1.807, 2.05) is 48.5 Å². The van der Waals surface area contributed by atoms with Crippen molar-refractivity contribution in [2.75, 3.05) is 33.4 Å². The zero-order valence-corrected chi connectivity index (χ0v) is 38.9. The highest BCUT2D eigenvalue weighted by Gasteiger charge is 2.52. The second-order valence-electron chi connectivity index (χ2n) is 19.5. The number of hydrogen-bond acceptors (Lipinski definition) is 8. The first-order valence-electron chi connectivity index (χ1n) is 24.7. The predicted octanol–water partition coefficient (Wildman–Crippen LogP) is 3.12. The molecule has 9 rings (SSSR count). The number of nitrogens with zero attached hydrogens (tertiary/aromatic N) is 2. The predicted molar refractivity (Wildman–Crippen MR) is 254 cm³/mol. The molecule has 7 N–H and O–H groups in total. The second kappa shape index (κ2) is 20.6. The Balaban J connectivity index is 1.09. The fourth-order valence-electron chi connectivity index (χ4n) is 11.8. The summed E-state index contributed by atoms with van der Waals surface area (Å²) in [5.41, 5.74) is 3.22. The molecule has 0 radical (unpaired) electrons. The van der Waals surface area contributed by atoms with Crippen LogP contribution in [0.15, 0.2) is 60.8 Å². The molecule has 17 heteroatoms. The van der Waals surface area contributed by atoms with Crippen molar-refractivity contribution in [2.24, 2.45) is 5.92 Å². The zero-order chi connectivity index (χ0) is 47.4. The lowest BCUT2D eigenvalue weighted by Gasteiger charge is -2.38. The minimum absolute atomic E-state index is 0.00164. The van der Waals surface area contributed by atoms with E-state index in [1.165, 1.54) is 12.0 Å². The molecule has 7 atom stereocenters. The van der Waals surface area contributed by atoms with Crippen LogP contribution in [0.5, 0.6) is 0 Å². The second-order valence-corrected chi connectivity index (χ2v) is 19.5. The van der Waals surface area contributed by atoms with Crippen molar-refractivity contribution < 1.29 is 38.3 Å². The van der Waals surface area contributed by atoms with E-state index in [4.69, 9.17) is 4.74 Å². The number of carbonyl (C=O) groups is 7. The van der Waals surface area contributed by atoms with Crippen molar-refractivity contribution in [1.82, 2.24) is 46.7 Å². The van der Waals surface area contributed by atoms with Crippen LogP contribution in [-0.2, 0) is 46.3 Å². The molecule has 0 unspecified atom stereocenters. The van der Waals surface area contributed by atoms with E-state index in [0.29, 0.717) is 58.0 Å². The van der Waals surface area contributed by atoms with E-state index in [1.54, 1.807) is 11.1 Å². The van der Waals surface area contributed by atoms with Crippen LogP contribution in [0, 0.1) is 5.92 Å². The number of aromatic amines is 1. The van der Waals surface area contributed by atoms with Gasteiger partial charge in [0, 0.05) is 62.7 Å². The Morgan fingerprint density at radius 1 is 0.765 bits per heavy atom. The molecule has 1 spiro atoms. The molecule has 3 saturated heterocycles. The van der Waals surface area contributed by atoms with Crippen molar-refractivity contribution in [3.05, 3.63) is 77.5 Å². The molecule has 3 aromatic rings. The highest BCUT2D eigenvalue weighted by Crippen LogP contribution is 2.42. The number of ether oxygens (including phenoxy) is 1. The molecule has 5 fully saturated rings. The van der Waals surface area contributed by atoms with E-state index in [0.717, 1.165) is 58.8 Å². The maximum atomic E-state index is 15.2. The standard InChI is InChI=1S/C51H65N9O8/c1-68-26-24-53-50(67)52-23-20-38-47(64)59-25-10-17-42(59)48(65)60-41-16-7-3-12-33(41)29-43(60)46(63)56-40(27-32-19-18-31-11-2-4-13-35(31)32)45(62)58-51(21-8-9-22-51)49(66)57-39(44(61)55-38)28-34-30-54-37-15-6-5-14-36(34)37/h2,4-6,11,13-15,19,30,33,38-43,54H,3,7-10,12,16-18,20-29H2,1H3,(H,55,61)(H,56,63)(H,57,66)(H,58,62)(H2,52,53,67)/t33-,38-,39-,40-,41-,42+,43-/m0/s1. The molecule has 3 aliphatic heterocycles. The number of urea groups is 1. The Morgan fingerprint density at radius 3 is 2.35 bits per heavy atom. The van der Waals surface area contributed by atoms with Gasteiger partial charge in [0.1, 0.15) is 35.7 Å². The molecule has 3 aliphatic carbocycles. The summed E-state index contributed by atoms with van der Waals surface area (Å²) in [7, 11) is 1.53. The molecule has 8 amide bonds. The number of rotatable bonds is 10. The summed E-state index contributed by atoms with van der Waals surface area (Å²) in [6.45, 7) is 0.819. The van der Waals surface area contributed by atoms with E-state index in [9.17, 15) is 24.0 Å². The SMILES string of the molecule is COCCNC(=O)NCC[C@@H]1NC(=O)[C@H](Cc2c[nH]c3ccccc23)NC(=O)C2(CCCC2)NC(=O)[C@H](CC2=CCc3ccccc32)NC(=O)[C@@H]2C[C@@H]3CCCC[C@@H]3N2C(=O)[C@H]2CCCN2C1=O. The minimum Gasteiger partial charge on any atom is -0.383 e. The van der Waals surface area contributed by atoms with Gasteiger partial charge in [-0.1, -0.05) is 74.2 Å². The zero-order valence-electron chi connectivity index (χ0n) is 38.9. The third-order valence-corrected chi connectivity index (χ3v) is 15.4. The van der Waals surface area contributed by atoms with Gasteiger partial charge in [-0.25, -0.2) is 4.79 Å². The van der Waals surface area contributed by atoms with Gasteiger partial charge in [0.2, 0.25) is 35.4 Å². The van der Waals surface area contributed by atoms with Gasteiger partial charge in [0.25, 0.3) is 0 Å². The van der Waals surface area contributed by atoms with Gasteiger partial charge in [-0.2, -0.15) is 0 Å². The van der Waals surface area contributed by atoms with Gasteiger partial charge in [-0.05, 0) is 92.0 Å². The van der Waals surface area contributed by atoms with Crippen molar-refractivity contribution in [3.8, 4) is 0 Å². The van der Waals surface area contributed by atoms with E-state index in [2.05, 4.69) is 43.0 Å². The summed E-state index contributed by atoms with van der Waals surface area (Å²) >= 11 is 0. The Kier molecular flexibility index (Phi) is 14.2. The van der Waals surface area contributed by atoms with Crippen molar-refractivity contribution in [1.29, 1.82) is 0 Å². The third-order valence-electron chi connectivity index (χ3n) is 15.4. The first-order valence-corrected chi connectivity index (χ1v) is 24.7. The number of fused-ring (bicyclic) bond motifs is 6. The summed E-state index contributed by atoms with van der Waals surface area (Å²) < 4.78 is 5.05. The monoisotopic (exact) mass is 931 g/mol. The van der Waals surface area contributed by atoms with Crippen molar-refractivity contribution >= 4 is 58.0 Å². The van der Waals surface area contributed by atoms with Crippen LogP contribution in [-0.4, -0.2) is 131 Å². The Morgan fingerprint density at radius 2 is 1.51 bits per heavy atom. The topological polar surface area (TPSA) is 223 Å². The highest BCUT2D eigenvalue weighted by molar-refractivity contribution is 6.01. The number of nitrogens with one attached hydrogen (secondary N) is 7. The van der Waals surface area contributed by atoms with Gasteiger partial charge in [0.05, 0.1) is 6.61 Å². The molecule has 0 bridgehead atoms. The van der Waals surface area contributed by atoms with Gasteiger partial charge in [0.15, 0.2) is 0 Å². The molecular formula is C51H65N9O8. The van der Waals surface area contributed by atoms with Crippen molar-refractivity contribution in [2.45, 2.75) is 138 Å². The molecule has 2 saturated carbocycles. The molecule has 1 aromatic heterocycles. The fourth-order valence-corrected chi connectivity index (χ4v) is 11.8. The average Bonchev–Trinajstić information content (AvgIpc) is 4.21. The summed E-state index contributed by atoms with van der Waals surface area (Å²) in [6, 6.07) is 9.65. The summed E-state index contributed by atoms with van der Waals surface area (Å²) in [4.78, 5) is 109. The lowest BCUT2D eigenvalue weighted by molar-refractivity contribution is -0.150. The number of carbonyl (C=O) groups excluding carboxylic acids is 7. The first kappa shape index (κ1) is 46.9. The van der Waals surface area contributed by atoms with Crippen molar-refractivity contribution in [3.63, 3.8) is 0 Å². The maximum absolute atomic E-state index is 15.2. The number of H-pyrrole nitrogens is 1. The molecule has 4 heterocycles. The lowest BCUT2D eigenvalue weighted by Crippen LogP contribution is -2.65. The number of para-hydroxylation sites is 1. The van der Waals surface area contributed by atoms with Crippen LogP contribution in [0.4, 0.5) is 4.79 Å². The molecule has 2 aromatic carbocycles.